The molecule has 1 atom stereocenters. The number of carbonyl (C=O) groups excluding carboxylic acids is 2. The number of esters is 1. The summed E-state index contributed by atoms with van der Waals surface area (Å²) in [5, 5.41) is 2.87. The third kappa shape index (κ3) is 7.99. The molecule has 1 amide bonds. The number of amides is 1. The zero-order valence-corrected chi connectivity index (χ0v) is 12.9. The van der Waals surface area contributed by atoms with Crippen molar-refractivity contribution < 1.29 is 23.8 Å². The van der Waals surface area contributed by atoms with E-state index in [1.807, 2.05) is 4.90 Å². The Balaban J connectivity index is 2.27. The fourth-order valence-corrected chi connectivity index (χ4v) is 2.13. The molecule has 1 N–H and O–H groups in total. The third-order valence-corrected chi connectivity index (χ3v) is 3.39. The average molecular weight is 302 g/mol. The molecule has 1 heterocycles. The molecule has 1 fully saturated rings. The molecule has 0 aromatic heterocycles. The normalized spacial score (nSPS) is 18.0. The van der Waals surface area contributed by atoms with Crippen LogP contribution in [0.1, 0.15) is 19.3 Å². The predicted molar refractivity (Wildman–Crippen MR) is 76.9 cm³/mol. The van der Waals surface area contributed by atoms with Crippen LogP contribution in [0.4, 0.5) is 0 Å². The maximum atomic E-state index is 11.9. The van der Waals surface area contributed by atoms with Crippen LogP contribution in [0.2, 0.25) is 0 Å². The largest absolute Gasteiger partial charge is 0.469 e. The van der Waals surface area contributed by atoms with E-state index in [1.54, 1.807) is 7.11 Å². The summed E-state index contributed by atoms with van der Waals surface area (Å²) >= 11 is 0. The van der Waals surface area contributed by atoms with Crippen LogP contribution in [0.5, 0.6) is 0 Å². The third-order valence-electron chi connectivity index (χ3n) is 3.39. The van der Waals surface area contributed by atoms with Crippen molar-refractivity contribution in [1.29, 1.82) is 0 Å². The van der Waals surface area contributed by atoms with Gasteiger partial charge in [0.15, 0.2) is 0 Å². The molecule has 21 heavy (non-hydrogen) atoms. The highest BCUT2D eigenvalue weighted by Gasteiger charge is 2.17. The molecular formula is C14H26N2O5. The lowest BCUT2D eigenvalue weighted by Gasteiger charge is -2.21. The molecule has 7 nitrogen and oxygen atoms in total. The van der Waals surface area contributed by atoms with Crippen LogP contribution < -0.4 is 5.32 Å². The SMILES string of the molecule is COCCN(CCC(=O)OC)CC(=O)NCC1CCCO1. The molecule has 1 rings (SSSR count). The van der Waals surface area contributed by atoms with Crippen LogP contribution in [-0.2, 0) is 23.8 Å². The van der Waals surface area contributed by atoms with Crippen LogP contribution in [0.3, 0.4) is 0 Å². The Morgan fingerprint density at radius 3 is 2.76 bits per heavy atom. The molecule has 0 saturated carbocycles. The number of carbonyl (C=O) groups is 2. The average Bonchev–Trinajstić information content (AvgIpc) is 3.00. The minimum Gasteiger partial charge on any atom is -0.469 e. The first-order valence-electron chi connectivity index (χ1n) is 7.32. The summed E-state index contributed by atoms with van der Waals surface area (Å²) < 4.78 is 15.1. The van der Waals surface area contributed by atoms with E-state index < -0.39 is 0 Å². The molecule has 1 aliphatic heterocycles. The van der Waals surface area contributed by atoms with E-state index in [0.717, 1.165) is 19.4 Å². The van der Waals surface area contributed by atoms with Gasteiger partial charge in [0, 0.05) is 33.4 Å². The van der Waals surface area contributed by atoms with E-state index in [-0.39, 0.29) is 30.9 Å². The standard InChI is InChI=1S/C14H26N2O5/c1-19-9-7-16(6-5-14(18)20-2)11-13(17)15-10-12-4-3-8-21-12/h12H,3-11H2,1-2H3,(H,15,17). The molecule has 0 aromatic rings. The lowest BCUT2D eigenvalue weighted by Crippen LogP contribution is -2.42. The number of nitrogens with zero attached hydrogens (tertiary/aromatic N) is 1. The zero-order valence-electron chi connectivity index (χ0n) is 12.9. The van der Waals surface area contributed by atoms with Gasteiger partial charge in [-0.1, -0.05) is 0 Å². The van der Waals surface area contributed by atoms with Crippen LogP contribution in [0.15, 0.2) is 0 Å². The highest BCUT2D eigenvalue weighted by Crippen LogP contribution is 2.10. The van der Waals surface area contributed by atoms with Gasteiger partial charge in [0.2, 0.25) is 5.91 Å². The summed E-state index contributed by atoms with van der Waals surface area (Å²) in [6.45, 7) is 3.16. The smallest absolute Gasteiger partial charge is 0.306 e. The summed E-state index contributed by atoms with van der Waals surface area (Å²) in [5.74, 6) is -0.344. The monoisotopic (exact) mass is 302 g/mol. The van der Waals surface area contributed by atoms with Gasteiger partial charge >= 0.3 is 5.97 Å². The van der Waals surface area contributed by atoms with Crippen LogP contribution in [-0.4, -0.2) is 76.5 Å². The lowest BCUT2D eigenvalue weighted by atomic mass is 10.2. The summed E-state index contributed by atoms with van der Waals surface area (Å²) in [7, 11) is 2.96. The van der Waals surface area contributed by atoms with E-state index in [1.165, 1.54) is 7.11 Å². The Morgan fingerprint density at radius 1 is 1.33 bits per heavy atom. The van der Waals surface area contributed by atoms with Gasteiger partial charge in [-0.2, -0.15) is 0 Å². The number of nitrogens with one attached hydrogen (secondary N) is 1. The quantitative estimate of drug-likeness (QED) is 0.563. The zero-order chi connectivity index (χ0) is 15.5. The highest BCUT2D eigenvalue weighted by molar-refractivity contribution is 5.78. The van der Waals surface area contributed by atoms with Gasteiger partial charge in [0.05, 0.1) is 32.8 Å². The van der Waals surface area contributed by atoms with Gasteiger partial charge in [-0.15, -0.1) is 0 Å². The minimum atomic E-state index is -0.280. The van der Waals surface area contributed by atoms with E-state index >= 15 is 0 Å². The van der Waals surface area contributed by atoms with Crippen molar-refractivity contribution in [3.63, 3.8) is 0 Å². The van der Waals surface area contributed by atoms with Crippen molar-refractivity contribution in [2.24, 2.45) is 0 Å². The maximum absolute atomic E-state index is 11.9. The van der Waals surface area contributed by atoms with Crippen molar-refractivity contribution >= 4 is 11.9 Å². The van der Waals surface area contributed by atoms with E-state index in [4.69, 9.17) is 9.47 Å². The Kier molecular flexibility index (Phi) is 8.96. The Labute approximate surface area is 125 Å². The molecule has 0 aliphatic carbocycles. The molecular weight excluding hydrogens is 276 g/mol. The topological polar surface area (TPSA) is 77.1 Å². The first kappa shape index (κ1) is 17.9. The van der Waals surface area contributed by atoms with E-state index in [0.29, 0.717) is 26.2 Å². The summed E-state index contributed by atoms with van der Waals surface area (Å²) in [6, 6.07) is 0. The van der Waals surface area contributed by atoms with Gasteiger partial charge in [0.25, 0.3) is 0 Å². The first-order valence-corrected chi connectivity index (χ1v) is 7.32. The Bertz CT molecular complexity index is 318. The molecule has 0 aromatic carbocycles. The number of methoxy groups -OCH3 is 2. The Hall–Kier alpha value is -1.18. The van der Waals surface area contributed by atoms with Crippen molar-refractivity contribution in [1.82, 2.24) is 10.2 Å². The van der Waals surface area contributed by atoms with Crippen molar-refractivity contribution in [2.45, 2.75) is 25.4 Å². The van der Waals surface area contributed by atoms with Gasteiger partial charge < -0.3 is 19.5 Å². The second-order valence-corrected chi connectivity index (χ2v) is 5.03. The molecule has 7 heteroatoms. The summed E-state index contributed by atoms with van der Waals surface area (Å²) in [6.07, 6.45) is 2.45. The van der Waals surface area contributed by atoms with Crippen molar-refractivity contribution in [3.8, 4) is 0 Å². The lowest BCUT2D eigenvalue weighted by molar-refractivity contribution is -0.141. The van der Waals surface area contributed by atoms with Gasteiger partial charge in [0.1, 0.15) is 0 Å². The molecule has 0 bridgehead atoms. The molecule has 0 radical (unpaired) electrons. The Morgan fingerprint density at radius 2 is 2.14 bits per heavy atom. The number of ether oxygens (including phenoxy) is 3. The molecule has 1 aliphatic rings. The van der Waals surface area contributed by atoms with Crippen LogP contribution in [0, 0.1) is 0 Å². The van der Waals surface area contributed by atoms with Gasteiger partial charge in [-0.25, -0.2) is 0 Å². The minimum absolute atomic E-state index is 0.0635. The fraction of sp³-hybridized carbons (Fsp3) is 0.857. The highest BCUT2D eigenvalue weighted by atomic mass is 16.5. The number of rotatable bonds is 10. The molecule has 122 valence electrons. The second-order valence-electron chi connectivity index (χ2n) is 5.03. The van der Waals surface area contributed by atoms with Crippen LogP contribution in [0.25, 0.3) is 0 Å². The molecule has 1 unspecified atom stereocenters. The maximum Gasteiger partial charge on any atom is 0.306 e. The fourth-order valence-electron chi connectivity index (χ4n) is 2.13. The number of hydrogen-bond acceptors (Lipinski definition) is 6. The van der Waals surface area contributed by atoms with E-state index in [9.17, 15) is 9.59 Å². The van der Waals surface area contributed by atoms with Crippen molar-refractivity contribution in [3.05, 3.63) is 0 Å². The first-order chi connectivity index (χ1) is 10.2. The second kappa shape index (κ2) is 10.5. The summed E-state index contributed by atoms with van der Waals surface area (Å²) in [5.41, 5.74) is 0. The van der Waals surface area contributed by atoms with Gasteiger partial charge in [-0.05, 0) is 12.8 Å². The van der Waals surface area contributed by atoms with Crippen LogP contribution >= 0.6 is 0 Å². The predicted octanol–water partition coefficient (Wildman–Crippen LogP) is -0.207. The number of hydrogen-bond donors (Lipinski definition) is 1. The molecule has 0 spiro atoms. The van der Waals surface area contributed by atoms with Gasteiger partial charge in [-0.3, -0.25) is 14.5 Å². The van der Waals surface area contributed by atoms with Crippen molar-refractivity contribution in [2.75, 3.05) is 53.6 Å². The molecule has 1 saturated heterocycles. The summed E-state index contributed by atoms with van der Waals surface area (Å²) in [4.78, 5) is 25.0. The van der Waals surface area contributed by atoms with E-state index in [2.05, 4.69) is 10.1 Å².